The number of nitrogens with one attached hydrogen (secondary N) is 1. The van der Waals surface area contributed by atoms with Crippen molar-refractivity contribution in [1.82, 2.24) is 20.1 Å². The molecule has 0 aliphatic carbocycles. The molecule has 0 spiro atoms. The van der Waals surface area contributed by atoms with Gasteiger partial charge in [-0.15, -0.1) is 0 Å². The molecule has 7 nitrogen and oxygen atoms in total. The molecule has 2 aromatic heterocycles. The standard InChI is InChI=1S/C18H23N5O2/c1-13-5-3-7-16(19-13)22-10-4-6-15(11-22)20-17(24)12-23-18(25)9-8-14(2)21-23/h3,5,7-9,15H,4,6,10-12H2,1-2H3,(H,20,24)/t15-/m1/s1. The molecule has 7 heteroatoms. The van der Waals surface area contributed by atoms with E-state index in [-0.39, 0.29) is 24.1 Å². The van der Waals surface area contributed by atoms with Gasteiger partial charge in [0, 0.05) is 30.9 Å². The highest BCUT2D eigenvalue weighted by molar-refractivity contribution is 5.76. The van der Waals surface area contributed by atoms with Crippen molar-refractivity contribution in [3.63, 3.8) is 0 Å². The summed E-state index contributed by atoms with van der Waals surface area (Å²) in [5.41, 5.74) is 1.42. The van der Waals surface area contributed by atoms with Crippen molar-refractivity contribution in [3.05, 3.63) is 52.1 Å². The third-order valence-electron chi connectivity index (χ3n) is 4.28. The van der Waals surface area contributed by atoms with Gasteiger partial charge in [0.15, 0.2) is 0 Å². The maximum absolute atomic E-state index is 12.3. The molecule has 2 aromatic rings. The minimum atomic E-state index is -0.269. The van der Waals surface area contributed by atoms with E-state index in [0.717, 1.165) is 37.4 Å². The zero-order chi connectivity index (χ0) is 17.8. The van der Waals surface area contributed by atoms with Gasteiger partial charge in [-0.3, -0.25) is 9.59 Å². The van der Waals surface area contributed by atoms with Crippen molar-refractivity contribution >= 4 is 11.7 Å². The molecule has 1 fully saturated rings. The van der Waals surface area contributed by atoms with E-state index in [9.17, 15) is 9.59 Å². The van der Waals surface area contributed by atoms with Crippen LogP contribution in [0, 0.1) is 13.8 Å². The molecule has 1 aliphatic rings. The summed E-state index contributed by atoms with van der Waals surface area (Å²) in [5.74, 6) is 0.750. The van der Waals surface area contributed by atoms with Crippen LogP contribution in [0.25, 0.3) is 0 Å². The zero-order valence-electron chi connectivity index (χ0n) is 14.6. The van der Waals surface area contributed by atoms with Gasteiger partial charge in [0.1, 0.15) is 12.4 Å². The lowest BCUT2D eigenvalue weighted by Crippen LogP contribution is -2.49. The molecule has 3 rings (SSSR count). The molecular formula is C18H23N5O2. The first-order chi connectivity index (χ1) is 12.0. The van der Waals surface area contributed by atoms with Crippen molar-refractivity contribution in [2.45, 2.75) is 39.3 Å². The maximum Gasteiger partial charge on any atom is 0.267 e. The number of aryl methyl sites for hydroxylation is 2. The van der Waals surface area contributed by atoms with Crippen LogP contribution < -0.4 is 15.8 Å². The van der Waals surface area contributed by atoms with Gasteiger partial charge in [0.2, 0.25) is 5.91 Å². The fraction of sp³-hybridized carbons (Fsp3) is 0.444. The highest BCUT2D eigenvalue weighted by Gasteiger charge is 2.22. The smallest absolute Gasteiger partial charge is 0.267 e. The Kier molecular flexibility index (Phi) is 5.11. The molecule has 1 aliphatic heterocycles. The molecule has 0 unspecified atom stereocenters. The highest BCUT2D eigenvalue weighted by atomic mass is 16.2. The van der Waals surface area contributed by atoms with E-state index in [4.69, 9.17) is 0 Å². The fourth-order valence-corrected chi connectivity index (χ4v) is 3.08. The van der Waals surface area contributed by atoms with Gasteiger partial charge in [-0.25, -0.2) is 9.67 Å². The lowest BCUT2D eigenvalue weighted by molar-refractivity contribution is -0.122. The van der Waals surface area contributed by atoms with E-state index in [0.29, 0.717) is 5.69 Å². The van der Waals surface area contributed by atoms with E-state index >= 15 is 0 Å². The second-order valence-corrected chi connectivity index (χ2v) is 6.46. The Labute approximate surface area is 146 Å². The maximum atomic E-state index is 12.3. The summed E-state index contributed by atoms with van der Waals surface area (Å²) in [6.45, 7) is 5.36. The predicted molar refractivity (Wildman–Crippen MR) is 95.6 cm³/mol. The van der Waals surface area contributed by atoms with Crippen LogP contribution in [0.1, 0.15) is 24.2 Å². The quantitative estimate of drug-likeness (QED) is 0.899. The molecule has 3 heterocycles. The van der Waals surface area contributed by atoms with Gasteiger partial charge in [-0.2, -0.15) is 5.10 Å². The van der Waals surface area contributed by atoms with E-state index in [1.165, 1.54) is 10.7 Å². The fourth-order valence-electron chi connectivity index (χ4n) is 3.08. The van der Waals surface area contributed by atoms with Gasteiger partial charge in [0.25, 0.3) is 5.56 Å². The summed E-state index contributed by atoms with van der Waals surface area (Å²) in [5, 5.41) is 7.12. The number of amides is 1. The number of carbonyl (C=O) groups excluding carboxylic acids is 1. The minimum Gasteiger partial charge on any atom is -0.355 e. The summed E-state index contributed by atoms with van der Waals surface area (Å²) in [6, 6.07) is 9.08. The van der Waals surface area contributed by atoms with Crippen LogP contribution in [0.2, 0.25) is 0 Å². The molecule has 0 aromatic carbocycles. The summed E-state index contributed by atoms with van der Waals surface area (Å²) < 4.78 is 1.20. The molecule has 0 radical (unpaired) electrons. The first-order valence-electron chi connectivity index (χ1n) is 8.54. The van der Waals surface area contributed by atoms with E-state index in [2.05, 4.69) is 20.3 Å². The first kappa shape index (κ1) is 17.1. The topological polar surface area (TPSA) is 80.1 Å². The Balaban J connectivity index is 1.61. The van der Waals surface area contributed by atoms with Crippen LogP contribution in [0.5, 0.6) is 0 Å². The van der Waals surface area contributed by atoms with Crippen LogP contribution in [0.3, 0.4) is 0 Å². The molecule has 1 amide bonds. The number of hydrogen-bond donors (Lipinski definition) is 1. The second-order valence-electron chi connectivity index (χ2n) is 6.46. The lowest BCUT2D eigenvalue weighted by atomic mass is 10.1. The number of anilines is 1. The number of aromatic nitrogens is 3. The Morgan fingerprint density at radius 2 is 2.08 bits per heavy atom. The monoisotopic (exact) mass is 341 g/mol. The summed E-state index contributed by atoms with van der Waals surface area (Å²) in [4.78, 5) is 30.8. The van der Waals surface area contributed by atoms with Crippen molar-refractivity contribution in [2.75, 3.05) is 18.0 Å². The number of pyridine rings is 1. The van der Waals surface area contributed by atoms with Crippen LogP contribution in [-0.2, 0) is 11.3 Å². The lowest BCUT2D eigenvalue weighted by Gasteiger charge is -2.34. The number of piperidine rings is 1. The van der Waals surface area contributed by atoms with Crippen molar-refractivity contribution < 1.29 is 4.79 Å². The largest absolute Gasteiger partial charge is 0.355 e. The molecule has 25 heavy (non-hydrogen) atoms. The molecule has 1 atom stereocenters. The van der Waals surface area contributed by atoms with Gasteiger partial charge in [-0.05, 0) is 44.9 Å². The average molecular weight is 341 g/mol. The van der Waals surface area contributed by atoms with E-state index in [1.54, 1.807) is 13.0 Å². The summed E-state index contributed by atoms with van der Waals surface area (Å²) >= 11 is 0. The average Bonchev–Trinajstić information content (AvgIpc) is 2.58. The van der Waals surface area contributed by atoms with Gasteiger partial charge < -0.3 is 10.2 Å². The third-order valence-corrected chi connectivity index (χ3v) is 4.28. The Morgan fingerprint density at radius 3 is 2.88 bits per heavy atom. The number of nitrogens with zero attached hydrogens (tertiary/aromatic N) is 4. The molecule has 0 bridgehead atoms. The van der Waals surface area contributed by atoms with Crippen molar-refractivity contribution in [2.24, 2.45) is 0 Å². The SMILES string of the molecule is Cc1cccc(N2CCC[C@@H](NC(=O)Cn3nc(C)ccc3=O)C2)n1. The molecular weight excluding hydrogens is 318 g/mol. The first-order valence-corrected chi connectivity index (χ1v) is 8.54. The van der Waals surface area contributed by atoms with E-state index in [1.807, 2.05) is 25.1 Å². The van der Waals surface area contributed by atoms with Crippen LogP contribution in [0.15, 0.2) is 35.1 Å². The Bertz CT molecular complexity index is 817. The van der Waals surface area contributed by atoms with Crippen LogP contribution in [0.4, 0.5) is 5.82 Å². The summed E-state index contributed by atoms with van der Waals surface area (Å²) in [6.07, 6.45) is 1.91. The summed E-state index contributed by atoms with van der Waals surface area (Å²) in [7, 11) is 0. The van der Waals surface area contributed by atoms with Crippen molar-refractivity contribution in [3.8, 4) is 0 Å². The van der Waals surface area contributed by atoms with Gasteiger partial charge in [0.05, 0.1) is 5.69 Å². The van der Waals surface area contributed by atoms with Gasteiger partial charge in [-0.1, -0.05) is 6.07 Å². The minimum absolute atomic E-state index is 0.0454. The number of rotatable bonds is 4. The highest BCUT2D eigenvalue weighted by Crippen LogP contribution is 2.18. The van der Waals surface area contributed by atoms with Crippen LogP contribution in [-0.4, -0.2) is 39.8 Å². The molecule has 0 saturated carbocycles. The third kappa shape index (κ3) is 4.43. The predicted octanol–water partition coefficient (Wildman–Crippen LogP) is 1.04. The number of hydrogen-bond acceptors (Lipinski definition) is 5. The normalized spacial score (nSPS) is 17.4. The van der Waals surface area contributed by atoms with Crippen molar-refractivity contribution in [1.29, 1.82) is 0 Å². The van der Waals surface area contributed by atoms with Crippen LogP contribution >= 0.6 is 0 Å². The molecule has 132 valence electrons. The number of carbonyl (C=O) groups is 1. The molecule has 1 saturated heterocycles. The van der Waals surface area contributed by atoms with E-state index < -0.39 is 0 Å². The zero-order valence-corrected chi connectivity index (χ0v) is 14.6. The Morgan fingerprint density at radius 1 is 1.24 bits per heavy atom. The Hall–Kier alpha value is -2.70. The second kappa shape index (κ2) is 7.46. The molecule has 1 N–H and O–H groups in total. The van der Waals surface area contributed by atoms with Gasteiger partial charge >= 0.3 is 0 Å².